The highest BCUT2D eigenvalue weighted by Gasteiger charge is 2.40. The van der Waals surface area contributed by atoms with Crippen LogP contribution in [0.1, 0.15) is 12.8 Å². The Morgan fingerprint density at radius 1 is 1.28 bits per heavy atom. The largest absolute Gasteiger partial charge is 0.497 e. The van der Waals surface area contributed by atoms with E-state index in [4.69, 9.17) is 9.15 Å². The molecule has 9 nitrogen and oxygen atoms in total. The van der Waals surface area contributed by atoms with Crippen molar-refractivity contribution in [3.63, 3.8) is 0 Å². The molecule has 0 unspecified atom stereocenters. The zero-order valence-electron chi connectivity index (χ0n) is 15.4. The van der Waals surface area contributed by atoms with Crippen molar-refractivity contribution in [2.45, 2.75) is 23.1 Å². The van der Waals surface area contributed by atoms with Crippen LogP contribution in [0.5, 0.6) is 5.75 Å². The molecule has 1 aliphatic heterocycles. The maximum atomic E-state index is 12.8. The summed E-state index contributed by atoms with van der Waals surface area (Å²) in [6.45, 7) is 0.291. The van der Waals surface area contributed by atoms with Crippen LogP contribution in [-0.2, 0) is 14.8 Å². The molecule has 3 aromatic rings. The second-order valence-corrected chi connectivity index (χ2v) is 9.40. The number of amides is 1. The Morgan fingerprint density at radius 3 is 2.76 bits per heavy atom. The van der Waals surface area contributed by atoms with Gasteiger partial charge in [0, 0.05) is 12.1 Å². The summed E-state index contributed by atoms with van der Waals surface area (Å²) in [7, 11) is -2.14. The number of nitrogens with zero attached hydrogens (tertiary/aromatic N) is 3. The topological polar surface area (TPSA) is 115 Å². The minimum atomic E-state index is -3.71. The molecule has 1 saturated heterocycles. The van der Waals surface area contributed by atoms with E-state index in [-0.39, 0.29) is 16.1 Å². The Morgan fingerprint density at radius 2 is 2.07 bits per heavy atom. The van der Waals surface area contributed by atoms with Gasteiger partial charge in [0.1, 0.15) is 16.0 Å². The minimum Gasteiger partial charge on any atom is -0.497 e. The number of methoxy groups -OCH3 is 1. The molecule has 1 atom stereocenters. The van der Waals surface area contributed by atoms with Crippen LogP contribution < -0.4 is 10.1 Å². The number of hydrogen-bond acceptors (Lipinski definition) is 8. The van der Waals surface area contributed by atoms with E-state index in [0.29, 0.717) is 30.7 Å². The SMILES string of the molecule is COc1ccc(-c2nnc(NC(=O)[C@@H]3CCCN3S(=O)(=O)c3cccs3)o2)cc1. The molecule has 1 N–H and O–H groups in total. The summed E-state index contributed by atoms with van der Waals surface area (Å²) in [4.78, 5) is 12.7. The van der Waals surface area contributed by atoms with Crippen LogP contribution in [0.4, 0.5) is 6.01 Å². The van der Waals surface area contributed by atoms with Crippen LogP contribution in [0.15, 0.2) is 50.4 Å². The summed E-state index contributed by atoms with van der Waals surface area (Å²) >= 11 is 1.13. The molecular formula is C18H18N4O5S2. The Hall–Kier alpha value is -2.76. The first-order chi connectivity index (χ1) is 14.0. The zero-order valence-corrected chi connectivity index (χ0v) is 17.1. The highest BCUT2D eigenvalue weighted by molar-refractivity contribution is 7.91. The number of thiophene rings is 1. The molecule has 29 heavy (non-hydrogen) atoms. The Labute approximate surface area is 171 Å². The molecule has 11 heteroatoms. The molecule has 1 fully saturated rings. The molecule has 0 radical (unpaired) electrons. The second kappa shape index (κ2) is 7.93. The number of aromatic nitrogens is 2. The maximum absolute atomic E-state index is 12.8. The van der Waals surface area contributed by atoms with E-state index in [1.807, 2.05) is 0 Å². The lowest BCUT2D eigenvalue weighted by Crippen LogP contribution is -2.42. The highest BCUT2D eigenvalue weighted by atomic mass is 32.2. The van der Waals surface area contributed by atoms with Gasteiger partial charge in [0.15, 0.2) is 0 Å². The third-order valence-electron chi connectivity index (χ3n) is 4.56. The van der Waals surface area contributed by atoms with Crippen LogP contribution in [0.3, 0.4) is 0 Å². The van der Waals surface area contributed by atoms with Crippen molar-refractivity contribution in [1.82, 2.24) is 14.5 Å². The van der Waals surface area contributed by atoms with E-state index < -0.39 is 22.0 Å². The van der Waals surface area contributed by atoms with Crippen molar-refractivity contribution in [2.24, 2.45) is 0 Å². The van der Waals surface area contributed by atoms with Crippen molar-refractivity contribution in [3.05, 3.63) is 41.8 Å². The van der Waals surface area contributed by atoms with Gasteiger partial charge in [0.25, 0.3) is 10.0 Å². The van der Waals surface area contributed by atoms with Crippen molar-refractivity contribution in [1.29, 1.82) is 0 Å². The number of anilines is 1. The fourth-order valence-electron chi connectivity index (χ4n) is 3.13. The molecular weight excluding hydrogens is 416 g/mol. The molecule has 4 rings (SSSR count). The molecule has 0 bridgehead atoms. The molecule has 1 amide bonds. The van der Waals surface area contributed by atoms with Gasteiger partial charge in [-0.05, 0) is 48.6 Å². The lowest BCUT2D eigenvalue weighted by atomic mass is 10.2. The average molecular weight is 434 g/mol. The first kappa shape index (κ1) is 19.6. The number of hydrogen-bond donors (Lipinski definition) is 1. The van der Waals surface area contributed by atoms with Gasteiger partial charge in [-0.1, -0.05) is 11.2 Å². The van der Waals surface area contributed by atoms with Gasteiger partial charge < -0.3 is 9.15 Å². The second-order valence-electron chi connectivity index (χ2n) is 6.34. The van der Waals surface area contributed by atoms with E-state index in [9.17, 15) is 13.2 Å². The Bertz CT molecular complexity index is 1090. The Kier molecular flexibility index (Phi) is 5.35. The Balaban J connectivity index is 1.48. The summed E-state index contributed by atoms with van der Waals surface area (Å²) in [6.07, 6.45) is 1.03. The summed E-state index contributed by atoms with van der Waals surface area (Å²) in [5.41, 5.74) is 0.668. The molecule has 152 valence electrons. The van der Waals surface area contributed by atoms with E-state index in [1.165, 1.54) is 10.4 Å². The smallest absolute Gasteiger partial charge is 0.322 e. The monoisotopic (exact) mass is 434 g/mol. The first-order valence-corrected chi connectivity index (χ1v) is 11.1. The van der Waals surface area contributed by atoms with E-state index in [1.54, 1.807) is 42.8 Å². The maximum Gasteiger partial charge on any atom is 0.322 e. The fourth-order valence-corrected chi connectivity index (χ4v) is 5.90. The molecule has 1 aromatic carbocycles. The minimum absolute atomic E-state index is 0.0822. The molecule has 2 aromatic heterocycles. The predicted octanol–water partition coefficient (Wildman–Crippen LogP) is 2.60. The van der Waals surface area contributed by atoms with E-state index in [0.717, 1.165) is 11.3 Å². The van der Waals surface area contributed by atoms with Gasteiger partial charge in [0.2, 0.25) is 11.8 Å². The average Bonchev–Trinajstić information content (AvgIpc) is 3.49. The normalized spacial score (nSPS) is 17.3. The van der Waals surface area contributed by atoms with E-state index >= 15 is 0 Å². The summed E-state index contributed by atoms with van der Waals surface area (Å²) in [5, 5.41) is 12.0. The number of benzene rings is 1. The number of carbonyl (C=O) groups excluding carboxylic acids is 1. The van der Waals surface area contributed by atoms with Gasteiger partial charge in [-0.2, -0.15) is 4.31 Å². The lowest BCUT2D eigenvalue weighted by Gasteiger charge is -2.21. The fraction of sp³-hybridized carbons (Fsp3) is 0.278. The van der Waals surface area contributed by atoms with Crippen molar-refractivity contribution in [3.8, 4) is 17.2 Å². The summed E-state index contributed by atoms with van der Waals surface area (Å²) < 4.78 is 37.7. The predicted molar refractivity (Wildman–Crippen MR) is 106 cm³/mol. The van der Waals surface area contributed by atoms with Crippen LogP contribution >= 0.6 is 11.3 Å². The highest BCUT2D eigenvalue weighted by Crippen LogP contribution is 2.29. The first-order valence-electron chi connectivity index (χ1n) is 8.83. The molecule has 3 heterocycles. The number of rotatable bonds is 6. The quantitative estimate of drug-likeness (QED) is 0.634. The number of sulfonamides is 1. The number of nitrogens with one attached hydrogen (secondary N) is 1. The van der Waals surface area contributed by atoms with E-state index in [2.05, 4.69) is 15.5 Å². The van der Waals surface area contributed by atoms with Crippen molar-refractivity contribution in [2.75, 3.05) is 19.0 Å². The number of carbonyl (C=O) groups is 1. The third-order valence-corrected chi connectivity index (χ3v) is 7.84. The van der Waals surface area contributed by atoms with Crippen molar-refractivity contribution < 1.29 is 22.4 Å². The van der Waals surface area contributed by atoms with Gasteiger partial charge in [-0.25, -0.2) is 8.42 Å². The van der Waals surface area contributed by atoms with Gasteiger partial charge in [-0.15, -0.1) is 16.4 Å². The van der Waals surface area contributed by atoms with Crippen LogP contribution in [0.25, 0.3) is 11.5 Å². The lowest BCUT2D eigenvalue weighted by molar-refractivity contribution is -0.119. The number of ether oxygens (including phenoxy) is 1. The molecule has 1 aliphatic rings. The molecule has 0 saturated carbocycles. The standard InChI is InChI=1S/C18H18N4O5S2/c1-26-13-8-6-12(7-9-13)17-20-21-18(27-17)19-16(23)14-4-2-10-22(14)29(24,25)15-5-3-11-28-15/h3,5-9,11,14H,2,4,10H2,1H3,(H,19,21,23)/t14-/m0/s1. The third kappa shape index (κ3) is 3.88. The summed E-state index contributed by atoms with van der Waals surface area (Å²) in [5.74, 6) is 0.431. The van der Waals surface area contributed by atoms with Gasteiger partial charge >= 0.3 is 6.01 Å². The van der Waals surface area contributed by atoms with Gasteiger partial charge in [-0.3, -0.25) is 10.1 Å². The van der Waals surface area contributed by atoms with Gasteiger partial charge in [0.05, 0.1) is 7.11 Å². The van der Waals surface area contributed by atoms with Crippen LogP contribution in [0.2, 0.25) is 0 Å². The molecule has 0 spiro atoms. The van der Waals surface area contributed by atoms with Crippen LogP contribution in [-0.4, -0.2) is 48.5 Å². The van der Waals surface area contributed by atoms with Crippen molar-refractivity contribution >= 4 is 33.3 Å². The molecule has 0 aliphatic carbocycles. The summed E-state index contributed by atoms with van der Waals surface area (Å²) in [6, 6.07) is 9.32. The zero-order chi connectivity index (χ0) is 20.4. The van der Waals surface area contributed by atoms with Crippen LogP contribution in [0, 0.1) is 0 Å².